The molecule has 30 heavy (non-hydrogen) atoms. The lowest BCUT2D eigenvalue weighted by atomic mass is 9.98. The van der Waals surface area contributed by atoms with Gasteiger partial charge in [0.25, 0.3) is 0 Å². The zero-order chi connectivity index (χ0) is 22.1. The number of anilines is 1. The number of hydrogen-bond donors (Lipinski definition) is 1. The van der Waals surface area contributed by atoms with Crippen molar-refractivity contribution in [2.75, 3.05) is 25.5 Å². The molecular formula is C19H18ClF3N2O4S. The van der Waals surface area contributed by atoms with E-state index in [-0.39, 0.29) is 23.0 Å². The number of sulfonamides is 1. The lowest BCUT2D eigenvalue weighted by Crippen LogP contribution is -2.43. The van der Waals surface area contributed by atoms with Gasteiger partial charge in [-0.25, -0.2) is 21.6 Å². The molecule has 0 aliphatic carbocycles. The molecular weight excluding hydrogens is 445 g/mol. The van der Waals surface area contributed by atoms with Crippen LogP contribution in [-0.2, 0) is 14.8 Å². The highest BCUT2D eigenvalue weighted by Crippen LogP contribution is 2.30. The van der Waals surface area contributed by atoms with Crippen LogP contribution in [0.15, 0.2) is 35.2 Å². The van der Waals surface area contributed by atoms with E-state index in [1.165, 1.54) is 25.3 Å². The fraction of sp³-hybridized carbons (Fsp3) is 0.316. The largest absolute Gasteiger partial charge is 0.495 e. The van der Waals surface area contributed by atoms with Gasteiger partial charge >= 0.3 is 0 Å². The van der Waals surface area contributed by atoms with Gasteiger partial charge in [0.1, 0.15) is 5.75 Å². The van der Waals surface area contributed by atoms with Crippen LogP contribution in [0.25, 0.3) is 0 Å². The average Bonchev–Trinajstić information content (AvgIpc) is 2.74. The zero-order valence-electron chi connectivity index (χ0n) is 15.8. The number of nitrogens with one attached hydrogen (secondary N) is 1. The number of carbonyl (C=O) groups excluding carboxylic acids is 1. The molecule has 6 nitrogen and oxygen atoms in total. The zero-order valence-corrected chi connectivity index (χ0v) is 17.4. The minimum atomic E-state index is -3.94. The Morgan fingerprint density at radius 1 is 1.20 bits per heavy atom. The standard InChI is InChI=1S/C19H18ClF3N2O4S/c1-29-16-7-4-12(9-13(16)20)30(27,28)25-8-2-3-11(10-25)19(26)24-15-6-5-14(21)17(22)18(15)23/h4-7,9,11H,2-3,8,10H2,1H3,(H,24,26)/t11-/m1/s1. The molecule has 1 atom stereocenters. The number of nitrogens with zero attached hydrogens (tertiary/aromatic N) is 1. The smallest absolute Gasteiger partial charge is 0.243 e. The molecule has 0 radical (unpaired) electrons. The molecule has 1 saturated heterocycles. The molecule has 0 aromatic heterocycles. The maximum absolute atomic E-state index is 13.8. The van der Waals surface area contributed by atoms with Crippen molar-refractivity contribution in [3.05, 3.63) is 52.8 Å². The predicted octanol–water partition coefficient (Wildman–Crippen LogP) is 3.81. The Morgan fingerprint density at radius 2 is 1.93 bits per heavy atom. The second-order valence-electron chi connectivity index (χ2n) is 6.71. The van der Waals surface area contributed by atoms with E-state index in [2.05, 4.69) is 5.32 Å². The van der Waals surface area contributed by atoms with Crippen molar-refractivity contribution in [3.63, 3.8) is 0 Å². The van der Waals surface area contributed by atoms with Crippen molar-refractivity contribution in [1.29, 1.82) is 0 Å². The molecule has 0 spiro atoms. The Balaban J connectivity index is 1.77. The van der Waals surface area contributed by atoms with Gasteiger partial charge in [-0.15, -0.1) is 0 Å². The predicted molar refractivity (Wildman–Crippen MR) is 104 cm³/mol. The Kier molecular flexibility index (Phi) is 6.59. The molecule has 0 saturated carbocycles. The maximum atomic E-state index is 13.8. The summed E-state index contributed by atoms with van der Waals surface area (Å²) in [5, 5.41) is 2.33. The number of amides is 1. The van der Waals surface area contributed by atoms with Gasteiger partial charge in [0.15, 0.2) is 17.5 Å². The third-order valence-electron chi connectivity index (χ3n) is 4.81. The van der Waals surface area contributed by atoms with E-state index in [4.69, 9.17) is 16.3 Å². The van der Waals surface area contributed by atoms with Crippen molar-refractivity contribution < 1.29 is 31.1 Å². The second kappa shape index (κ2) is 8.83. The Morgan fingerprint density at radius 3 is 2.60 bits per heavy atom. The number of carbonyl (C=O) groups is 1. The summed E-state index contributed by atoms with van der Waals surface area (Å²) in [6.07, 6.45) is 0.744. The number of hydrogen-bond acceptors (Lipinski definition) is 4. The van der Waals surface area contributed by atoms with E-state index in [0.717, 1.165) is 10.4 Å². The Labute approximate surface area is 176 Å². The SMILES string of the molecule is COc1ccc(S(=O)(=O)N2CCC[C@@H](C(=O)Nc3ccc(F)c(F)c3F)C2)cc1Cl. The van der Waals surface area contributed by atoms with E-state index in [1.807, 2.05) is 0 Å². The van der Waals surface area contributed by atoms with E-state index < -0.39 is 45.0 Å². The first-order valence-electron chi connectivity index (χ1n) is 8.93. The van der Waals surface area contributed by atoms with Crippen LogP contribution in [0.2, 0.25) is 5.02 Å². The molecule has 162 valence electrons. The molecule has 0 bridgehead atoms. The van der Waals surface area contributed by atoms with Gasteiger partial charge in [-0.2, -0.15) is 4.31 Å². The number of ether oxygens (including phenoxy) is 1. The molecule has 0 unspecified atom stereocenters. The summed E-state index contributed by atoms with van der Waals surface area (Å²) >= 11 is 6.02. The summed E-state index contributed by atoms with van der Waals surface area (Å²) in [6.45, 7) is 0.0401. The lowest BCUT2D eigenvalue weighted by molar-refractivity contribution is -0.120. The summed E-state index contributed by atoms with van der Waals surface area (Å²) in [4.78, 5) is 12.5. The van der Waals surface area contributed by atoms with Gasteiger partial charge in [0.05, 0.1) is 28.6 Å². The lowest BCUT2D eigenvalue weighted by Gasteiger charge is -2.31. The normalized spacial score (nSPS) is 17.6. The second-order valence-corrected chi connectivity index (χ2v) is 9.06. The van der Waals surface area contributed by atoms with Crippen LogP contribution in [0.5, 0.6) is 5.75 Å². The summed E-state index contributed by atoms with van der Waals surface area (Å²) < 4.78 is 72.3. The molecule has 1 amide bonds. The van der Waals surface area contributed by atoms with Crippen LogP contribution in [0, 0.1) is 23.4 Å². The molecule has 1 aliphatic rings. The summed E-state index contributed by atoms with van der Waals surface area (Å²) in [6, 6.07) is 5.63. The van der Waals surface area contributed by atoms with E-state index in [1.54, 1.807) is 0 Å². The fourth-order valence-corrected chi connectivity index (χ4v) is 5.06. The number of benzene rings is 2. The highest BCUT2D eigenvalue weighted by atomic mass is 35.5. The van der Waals surface area contributed by atoms with Crippen molar-refractivity contribution in [2.24, 2.45) is 5.92 Å². The first kappa shape index (κ1) is 22.4. The van der Waals surface area contributed by atoms with Crippen LogP contribution in [-0.4, -0.2) is 38.8 Å². The molecule has 2 aromatic carbocycles. The number of piperidine rings is 1. The van der Waals surface area contributed by atoms with Crippen LogP contribution in [0.4, 0.5) is 18.9 Å². The Hall–Kier alpha value is -2.30. The third-order valence-corrected chi connectivity index (χ3v) is 6.97. The molecule has 1 aliphatic heterocycles. The van der Waals surface area contributed by atoms with Gasteiger partial charge in [-0.05, 0) is 43.2 Å². The first-order chi connectivity index (χ1) is 14.1. The molecule has 1 fully saturated rings. The van der Waals surface area contributed by atoms with Crippen LogP contribution in [0.3, 0.4) is 0 Å². The maximum Gasteiger partial charge on any atom is 0.243 e. The number of halogens is 4. The van der Waals surface area contributed by atoms with E-state index in [0.29, 0.717) is 24.7 Å². The Bertz CT molecular complexity index is 1080. The van der Waals surface area contributed by atoms with Crippen LogP contribution < -0.4 is 10.1 Å². The first-order valence-corrected chi connectivity index (χ1v) is 10.7. The average molecular weight is 463 g/mol. The minimum Gasteiger partial charge on any atom is -0.495 e. The quantitative estimate of drug-likeness (QED) is 0.686. The van der Waals surface area contributed by atoms with Crippen molar-refractivity contribution in [2.45, 2.75) is 17.7 Å². The van der Waals surface area contributed by atoms with Crippen LogP contribution >= 0.6 is 11.6 Å². The third kappa shape index (κ3) is 4.40. The number of rotatable bonds is 5. The molecule has 1 heterocycles. The topological polar surface area (TPSA) is 75.7 Å². The van der Waals surface area contributed by atoms with Gasteiger partial charge in [0.2, 0.25) is 15.9 Å². The van der Waals surface area contributed by atoms with Crippen LogP contribution in [0.1, 0.15) is 12.8 Å². The van der Waals surface area contributed by atoms with Gasteiger partial charge in [0, 0.05) is 13.1 Å². The van der Waals surface area contributed by atoms with E-state index in [9.17, 15) is 26.4 Å². The summed E-state index contributed by atoms with van der Waals surface area (Å²) in [5.74, 6) is -5.76. The van der Waals surface area contributed by atoms with Gasteiger partial charge < -0.3 is 10.1 Å². The molecule has 2 aromatic rings. The van der Waals surface area contributed by atoms with Gasteiger partial charge in [-0.1, -0.05) is 11.6 Å². The molecule has 1 N–H and O–H groups in total. The van der Waals surface area contributed by atoms with E-state index >= 15 is 0 Å². The van der Waals surface area contributed by atoms with Crippen molar-refractivity contribution in [1.82, 2.24) is 4.31 Å². The summed E-state index contributed by atoms with van der Waals surface area (Å²) in [7, 11) is -2.54. The highest BCUT2D eigenvalue weighted by molar-refractivity contribution is 7.89. The number of methoxy groups -OCH3 is 1. The van der Waals surface area contributed by atoms with Crippen molar-refractivity contribution >= 4 is 33.2 Å². The highest BCUT2D eigenvalue weighted by Gasteiger charge is 2.34. The summed E-state index contributed by atoms with van der Waals surface area (Å²) in [5.41, 5.74) is -0.513. The van der Waals surface area contributed by atoms with Crippen molar-refractivity contribution in [3.8, 4) is 5.75 Å². The minimum absolute atomic E-state index is 0.0546. The monoisotopic (exact) mass is 462 g/mol. The fourth-order valence-electron chi connectivity index (χ4n) is 3.19. The molecule has 11 heteroatoms. The van der Waals surface area contributed by atoms with Gasteiger partial charge in [-0.3, -0.25) is 4.79 Å². The molecule has 3 rings (SSSR count).